The number of rotatable bonds is 2. The van der Waals surface area contributed by atoms with Gasteiger partial charge in [0.15, 0.2) is 0 Å². The predicted octanol–water partition coefficient (Wildman–Crippen LogP) is 6.08. The molecule has 0 radical (unpaired) electrons. The summed E-state index contributed by atoms with van der Waals surface area (Å²) in [6, 6.07) is 3.21. The van der Waals surface area contributed by atoms with Crippen LogP contribution >= 0.6 is 0 Å². The molecule has 1 aliphatic rings. The van der Waals surface area contributed by atoms with Crippen molar-refractivity contribution in [3.05, 3.63) is 57.9 Å². The van der Waals surface area contributed by atoms with Crippen molar-refractivity contribution in [2.45, 2.75) is 52.6 Å². The van der Waals surface area contributed by atoms with Gasteiger partial charge in [0.1, 0.15) is 11.6 Å². The van der Waals surface area contributed by atoms with E-state index < -0.39 is 40.6 Å². The largest absolute Gasteiger partial charge is 0.506 e. The highest BCUT2D eigenvalue weighted by Crippen LogP contribution is 2.48. The fourth-order valence-corrected chi connectivity index (χ4v) is 2.77. The number of carbonyl (C=O) groups excluding carboxylic acids is 1. The highest BCUT2D eigenvalue weighted by molar-refractivity contribution is 5.92. The third-order valence-corrected chi connectivity index (χ3v) is 4.27. The molecule has 2 aromatic rings. The van der Waals surface area contributed by atoms with E-state index in [1.54, 1.807) is 6.92 Å². The standard InChI is InChI=1S/C13H12F4O2.C6H6FNO.C2H6/c1-6-10(12(18)19-2)9(14)5-8(7-3-4-7)11(6)13(15,16)17;1-4-5(9)2-3-6(7)8-4;1-2/h5,7H,3-4H2,1-2H3;2-3,9H,1H3;1-2H3. The number of carbonyl (C=O) groups is 1. The van der Waals surface area contributed by atoms with Crippen molar-refractivity contribution in [2.75, 3.05) is 7.11 Å². The molecule has 1 saturated carbocycles. The van der Waals surface area contributed by atoms with Crippen LogP contribution in [0.25, 0.3) is 0 Å². The SMILES string of the molecule is CC.COC(=O)c1c(F)cc(C2CC2)c(C(F)(F)F)c1C.Cc1nc(F)ccc1O. The number of esters is 1. The summed E-state index contributed by atoms with van der Waals surface area (Å²) in [6.45, 7) is 6.64. The van der Waals surface area contributed by atoms with Crippen molar-refractivity contribution < 1.29 is 36.6 Å². The number of nitrogens with zero attached hydrogens (tertiary/aromatic N) is 1. The van der Waals surface area contributed by atoms with Crippen LogP contribution in [0.3, 0.4) is 0 Å². The van der Waals surface area contributed by atoms with E-state index in [4.69, 9.17) is 5.11 Å². The number of pyridine rings is 1. The summed E-state index contributed by atoms with van der Waals surface area (Å²) in [5.74, 6) is -2.86. The maximum Gasteiger partial charge on any atom is 0.416 e. The summed E-state index contributed by atoms with van der Waals surface area (Å²) in [7, 11) is 1.00. The first-order valence-electron chi connectivity index (χ1n) is 9.28. The summed E-state index contributed by atoms with van der Waals surface area (Å²) in [4.78, 5) is 14.8. The quantitative estimate of drug-likeness (QED) is 0.354. The molecule has 0 amide bonds. The van der Waals surface area contributed by atoms with Crippen LogP contribution in [0.5, 0.6) is 5.75 Å². The average Bonchev–Trinajstić information content (AvgIpc) is 3.50. The number of aryl methyl sites for hydroxylation is 1. The molecule has 1 heterocycles. The number of benzene rings is 1. The van der Waals surface area contributed by atoms with Crippen LogP contribution in [0.15, 0.2) is 18.2 Å². The summed E-state index contributed by atoms with van der Waals surface area (Å²) < 4.78 is 69.6. The number of alkyl halides is 3. The molecule has 9 heteroatoms. The average molecular weight is 433 g/mol. The number of methoxy groups -OCH3 is 1. The van der Waals surface area contributed by atoms with E-state index in [2.05, 4.69) is 9.72 Å². The molecule has 3 rings (SSSR count). The van der Waals surface area contributed by atoms with Gasteiger partial charge in [-0.25, -0.2) is 14.2 Å². The number of hydrogen-bond donors (Lipinski definition) is 1. The van der Waals surface area contributed by atoms with Gasteiger partial charge >= 0.3 is 12.1 Å². The highest BCUT2D eigenvalue weighted by Gasteiger charge is 2.42. The molecule has 0 atom stereocenters. The monoisotopic (exact) mass is 433 g/mol. The Kier molecular flexibility index (Phi) is 8.74. The van der Waals surface area contributed by atoms with Gasteiger partial charge < -0.3 is 9.84 Å². The van der Waals surface area contributed by atoms with Crippen LogP contribution in [-0.4, -0.2) is 23.2 Å². The fraction of sp³-hybridized carbons (Fsp3) is 0.429. The molecule has 30 heavy (non-hydrogen) atoms. The van der Waals surface area contributed by atoms with Gasteiger partial charge in [0.05, 0.1) is 23.9 Å². The van der Waals surface area contributed by atoms with E-state index in [0.29, 0.717) is 18.5 Å². The van der Waals surface area contributed by atoms with Gasteiger partial charge in [-0.2, -0.15) is 17.6 Å². The highest BCUT2D eigenvalue weighted by atomic mass is 19.4. The fourth-order valence-electron chi connectivity index (χ4n) is 2.77. The second-order valence-corrected chi connectivity index (χ2v) is 6.32. The predicted molar refractivity (Wildman–Crippen MR) is 101 cm³/mol. The lowest BCUT2D eigenvalue weighted by atomic mass is 9.93. The van der Waals surface area contributed by atoms with Crippen molar-refractivity contribution in [3.8, 4) is 5.75 Å². The van der Waals surface area contributed by atoms with Gasteiger partial charge in [0.2, 0.25) is 5.95 Å². The number of hydrogen-bond acceptors (Lipinski definition) is 4. The molecular formula is C21H24F5NO3. The van der Waals surface area contributed by atoms with Crippen LogP contribution in [0, 0.1) is 25.6 Å². The zero-order valence-electron chi connectivity index (χ0n) is 17.3. The Balaban J connectivity index is 0.000000342. The molecule has 166 valence electrons. The maximum atomic E-state index is 13.8. The van der Waals surface area contributed by atoms with Crippen LogP contribution in [0.1, 0.15) is 65.3 Å². The van der Waals surface area contributed by atoms with E-state index >= 15 is 0 Å². The lowest BCUT2D eigenvalue weighted by Gasteiger charge is -2.18. The molecule has 0 aliphatic heterocycles. The van der Waals surface area contributed by atoms with E-state index in [1.807, 2.05) is 13.8 Å². The first-order valence-corrected chi connectivity index (χ1v) is 9.28. The minimum absolute atomic E-state index is 0.0244. The molecule has 0 spiro atoms. The Morgan fingerprint density at radius 3 is 2.13 bits per heavy atom. The lowest BCUT2D eigenvalue weighted by molar-refractivity contribution is -0.138. The van der Waals surface area contributed by atoms with Gasteiger partial charge in [-0.15, -0.1) is 0 Å². The molecule has 0 bridgehead atoms. The smallest absolute Gasteiger partial charge is 0.416 e. The third kappa shape index (κ3) is 6.14. The summed E-state index contributed by atoms with van der Waals surface area (Å²) in [5, 5.41) is 8.81. The normalized spacial score (nSPS) is 12.9. The molecule has 1 aromatic heterocycles. The van der Waals surface area contributed by atoms with Crippen LogP contribution in [0.2, 0.25) is 0 Å². The first kappa shape index (κ1) is 25.3. The van der Waals surface area contributed by atoms with Gasteiger partial charge in [0, 0.05) is 0 Å². The number of halogens is 5. The Hall–Kier alpha value is -2.71. The molecule has 0 unspecified atom stereocenters. The van der Waals surface area contributed by atoms with E-state index in [-0.39, 0.29) is 17.2 Å². The first-order chi connectivity index (χ1) is 14.0. The summed E-state index contributed by atoms with van der Waals surface area (Å²) in [5.41, 5.74) is -1.69. The van der Waals surface area contributed by atoms with Crippen molar-refractivity contribution in [1.29, 1.82) is 0 Å². The lowest BCUT2D eigenvalue weighted by Crippen LogP contribution is -2.17. The maximum absolute atomic E-state index is 13.8. The van der Waals surface area contributed by atoms with Crippen LogP contribution in [0.4, 0.5) is 22.0 Å². The molecule has 1 aromatic carbocycles. The Bertz CT molecular complexity index is 893. The molecule has 4 nitrogen and oxygen atoms in total. The molecular weight excluding hydrogens is 409 g/mol. The number of aromatic nitrogens is 1. The van der Waals surface area contributed by atoms with Gasteiger partial charge in [-0.3, -0.25) is 0 Å². The number of ether oxygens (including phenoxy) is 1. The zero-order chi connectivity index (χ0) is 23.2. The Morgan fingerprint density at radius 2 is 1.73 bits per heavy atom. The second-order valence-electron chi connectivity index (χ2n) is 6.32. The second kappa shape index (κ2) is 10.4. The molecule has 1 fully saturated rings. The van der Waals surface area contributed by atoms with Gasteiger partial charge in [0.25, 0.3) is 0 Å². The van der Waals surface area contributed by atoms with Crippen molar-refractivity contribution in [1.82, 2.24) is 4.98 Å². The van der Waals surface area contributed by atoms with Crippen LogP contribution in [-0.2, 0) is 10.9 Å². The number of aromatic hydroxyl groups is 1. The van der Waals surface area contributed by atoms with Gasteiger partial charge in [-0.1, -0.05) is 13.8 Å². The van der Waals surface area contributed by atoms with Crippen molar-refractivity contribution >= 4 is 5.97 Å². The van der Waals surface area contributed by atoms with Crippen molar-refractivity contribution in [2.24, 2.45) is 0 Å². The van der Waals surface area contributed by atoms with Gasteiger partial charge in [-0.05, 0) is 61.9 Å². The van der Waals surface area contributed by atoms with Crippen LogP contribution < -0.4 is 0 Å². The Morgan fingerprint density at radius 1 is 1.17 bits per heavy atom. The topological polar surface area (TPSA) is 59.4 Å². The van der Waals surface area contributed by atoms with E-state index in [0.717, 1.165) is 26.2 Å². The zero-order valence-corrected chi connectivity index (χ0v) is 17.3. The molecule has 0 saturated heterocycles. The summed E-state index contributed by atoms with van der Waals surface area (Å²) in [6.07, 6.45) is -3.39. The van der Waals surface area contributed by atoms with E-state index in [1.165, 1.54) is 6.07 Å². The molecule has 1 N–H and O–H groups in total. The third-order valence-electron chi connectivity index (χ3n) is 4.27. The minimum atomic E-state index is -4.61. The van der Waals surface area contributed by atoms with E-state index in [9.17, 15) is 26.7 Å². The molecule has 1 aliphatic carbocycles. The van der Waals surface area contributed by atoms with Crippen molar-refractivity contribution in [3.63, 3.8) is 0 Å². The minimum Gasteiger partial charge on any atom is -0.506 e. The Labute approximate surface area is 171 Å². The summed E-state index contributed by atoms with van der Waals surface area (Å²) >= 11 is 0.